The topological polar surface area (TPSA) is 38.3 Å². The van der Waals surface area contributed by atoms with Gasteiger partial charge in [0.25, 0.3) is 0 Å². The van der Waals surface area contributed by atoms with E-state index in [4.69, 9.17) is 6.11 Å². The van der Waals surface area contributed by atoms with Crippen LogP contribution in [0.15, 0.2) is 0 Å². The molecule has 0 aromatic heterocycles. The van der Waals surface area contributed by atoms with E-state index in [0.717, 1.165) is 32.1 Å². The molecule has 1 aliphatic carbocycles. The molecular formula is C12H23NO2. The minimum Gasteiger partial charge on any atom is -0.468 e. The van der Waals surface area contributed by atoms with Crippen LogP contribution in [0, 0.1) is 5.92 Å². The molecule has 0 aliphatic heterocycles. The lowest BCUT2D eigenvalue weighted by Crippen LogP contribution is -2.43. The average molecular weight is 214 g/mol. The molecule has 3 heteroatoms. The lowest BCUT2D eigenvalue weighted by Gasteiger charge is -2.22. The van der Waals surface area contributed by atoms with Gasteiger partial charge in [0.1, 0.15) is 6.04 Å². The van der Waals surface area contributed by atoms with Gasteiger partial charge in [-0.15, -0.1) is 0 Å². The Labute approximate surface area is 94.0 Å². The fourth-order valence-electron chi connectivity index (χ4n) is 2.02. The Bertz CT molecular complexity index is 237. The SMILES string of the molecule is [2H]C1(N[C@@H](CC(C)C)C(=O)OC)CCCC1. The summed E-state index contributed by atoms with van der Waals surface area (Å²) in [6.07, 6.45) is 4.54. The zero-order valence-electron chi connectivity index (χ0n) is 11.0. The number of hydrogen-bond donors (Lipinski definition) is 1. The van der Waals surface area contributed by atoms with Gasteiger partial charge in [-0.1, -0.05) is 26.7 Å². The molecule has 3 nitrogen and oxygen atoms in total. The van der Waals surface area contributed by atoms with Crippen molar-refractivity contribution in [1.29, 1.82) is 0 Å². The van der Waals surface area contributed by atoms with E-state index in [1.807, 2.05) is 0 Å². The van der Waals surface area contributed by atoms with Crippen molar-refractivity contribution in [3.63, 3.8) is 0 Å². The van der Waals surface area contributed by atoms with Crippen molar-refractivity contribution in [1.82, 2.24) is 5.32 Å². The molecule has 0 aromatic carbocycles. The van der Waals surface area contributed by atoms with E-state index in [2.05, 4.69) is 19.2 Å². The summed E-state index contributed by atoms with van der Waals surface area (Å²) in [6.45, 7) is 4.14. The van der Waals surface area contributed by atoms with Crippen LogP contribution in [-0.4, -0.2) is 25.1 Å². The number of nitrogens with one attached hydrogen (secondary N) is 1. The largest absolute Gasteiger partial charge is 0.468 e. The number of methoxy groups -OCH3 is 1. The molecule has 1 rings (SSSR count). The molecule has 0 spiro atoms. The highest BCUT2D eigenvalue weighted by atomic mass is 16.5. The van der Waals surface area contributed by atoms with Gasteiger partial charge in [-0.25, -0.2) is 0 Å². The van der Waals surface area contributed by atoms with E-state index in [1.54, 1.807) is 0 Å². The van der Waals surface area contributed by atoms with Crippen LogP contribution in [0.5, 0.6) is 0 Å². The second kappa shape index (κ2) is 6.11. The summed E-state index contributed by atoms with van der Waals surface area (Å²) in [5, 5.41) is 3.17. The summed E-state index contributed by atoms with van der Waals surface area (Å²) < 4.78 is 13.0. The third kappa shape index (κ3) is 4.20. The highest BCUT2D eigenvalue weighted by molar-refractivity contribution is 5.75. The molecule has 0 radical (unpaired) electrons. The summed E-state index contributed by atoms with van der Waals surface area (Å²) in [6, 6.07) is -0.950. The van der Waals surface area contributed by atoms with Gasteiger partial charge < -0.3 is 10.1 Å². The fraction of sp³-hybridized carbons (Fsp3) is 0.917. The number of esters is 1. The van der Waals surface area contributed by atoms with Crippen molar-refractivity contribution in [3.05, 3.63) is 0 Å². The number of carbonyl (C=O) groups excluding carboxylic acids is 1. The number of rotatable bonds is 5. The quantitative estimate of drug-likeness (QED) is 0.712. The van der Waals surface area contributed by atoms with E-state index in [0.29, 0.717) is 5.92 Å². The van der Waals surface area contributed by atoms with Crippen LogP contribution in [0.1, 0.15) is 47.3 Å². The minimum absolute atomic E-state index is 0.243. The predicted octanol–water partition coefficient (Wildman–Crippen LogP) is 2.11. The van der Waals surface area contributed by atoms with Crippen LogP contribution in [0.3, 0.4) is 0 Å². The summed E-state index contributed by atoms with van der Waals surface area (Å²) in [7, 11) is 1.41. The van der Waals surface area contributed by atoms with Crippen LogP contribution < -0.4 is 5.32 Å². The maximum Gasteiger partial charge on any atom is 0.322 e. The van der Waals surface area contributed by atoms with E-state index >= 15 is 0 Å². The molecule has 1 N–H and O–H groups in total. The lowest BCUT2D eigenvalue weighted by atomic mass is 10.0. The summed E-state index contributed by atoms with van der Waals surface area (Å²) in [5.41, 5.74) is 0. The molecule has 88 valence electrons. The van der Waals surface area contributed by atoms with Gasteiger partial charge in [0.2, 0.25) is 0 Å². The van der Waals surface area contributed by atoms with Crippen molar-refractivity contribution >= 4 is 5.97 Å². The molecule has 1 saturated carbocycles. The number of hydrogen-bond acceptors (Lipinski definition) is 3. The first-order valence-electron chi connectivity index (χ1n) is 6.32. The second-order valence-electron chi connectivity index (χ2n) is 4.66. The maximum absolute atomic E-state index is 11.6. The predicted molar refractivity (Wildman–Crippen MR) is 60.7 cm³/mol. The third-order valence-electron chi connectivity index (χ3n) is 2.78. The molecule has 1 atom stereocenters. The van der Waals surface area contributed by atoms with Crippen LogP contribution in [0.4, 0.5) is 0 Å². The van der Waals surface area contributed by atoms with Gasteiger partial charge in [-0.2, -0.15) is 0 Å². The van der Waals surface area contributed by atoms with Gasteiger partial charge in [-0.3, -0.25) is 4.79 Å². The standard InChI is InChI=1S/C12H23NO2/c1-9(2)8-11(12(14)15-3)13-10-6-4-5-7-10/h9-11,13H,4-8H2,1-3H3/t11-/m0/s1/i10D. The minimum atomic E-state index is -0.617. The summed E-state index contributed by atoms with van der Waals surface area (Å²) in [5.74, 6) is 0.175. The van der Waals surface area contributed by atoms with Crippen LogP contribution in [-0.2, 0) is 9.53 Å². The third-order valence-corrected chi connectivity index (χ3v) is 2.78. The Morgan fingerprint density at radius 2 is 2.13 bits per heavy atom. The summed E-state index contributed by atoms with van der Waals surface area (Å²) in [4.78, 5) is 11.6. The first-order chi connectivity index (χ1) is 7.47. The van der Waals surface area contributed by atoms with E-state index in [-0.39, 0.29) is 12.0 Å². The zero-order valence-corrected chi connectivity index (χ0v) is 10.0. The average Bonchev–Trinajstić information content (AvgIpc) is 2.62. The molecule has 0 saturated heterocycles. The van der Waals surface area contributed by atoms with Gasteiger partial charge in [0.15, 0.2) is 0 Å². The van der Waals surface area contributed by atoms with Crippen molar-refractivity contribution in [3.8, 4) is 0 Å². The highest BCUT2D eigenvalue weighted by Gasteiger charge is 2.25. The van der Waals surface area contributed by atoms with Gasteiger partial charge in [0.05, 0.1) is 7.11 Å². The van der Waals surface area contributed by atoms with Crippen LogP contribution in [0.2, 0.25) is 0 Å². The van der Waals surface area contributed by atoms with Crippen LogP contribution in [0.25, 0.3) is 0 Å². The smallest absolute Gasteiger partial charge is 0.322 e. The van der Waals surface area contributed by atoms with Crippen molar-refractivity contribution in [2.45, 2.75) is 58.0 Å². The van der Waals surface area contributed by atoms with Gasteiger partial charge in [0, 0.05) is 7.39 Å². The second-order valence-corrected chi connectivity index (χ2v) is 4.66. The molecule has 0 amide bonds. The van der Waals surface area contributed by atoms with Crippen molar-refractivity contribution in [2.75, 3.05) is 7.11 Å². The normalized spacial score (nSPS) is 22.5. The molecule has 0 bridgehead atoms. The number of carbonyl (C=O) groups is 1. The molecule has 15 heavy (non-hydrogen) atoms. The molecule has 0 unspecified atom stereocenters. The Balaban J connectivity index is 2.58. The molecule has 0 aromatic rings. The Morgan fingerprint density at radius 3 is 2.60 bits per heavy atom. The molecular weight excluding hydrogens is 190 g/mol. The molecule has 1 fully saturated rings. The van der Waals surface area contributed by atoms with E-state index < -0.39 is 6.02 Å². The molecule has 0 heterocycles. The number of ether oxygens (including phenoxy) is 1. The van der Waals surface area contributed by atoms with Gasteiger partial charge in [-0.05, 0) is 25.2 Å². The monoisotopic (exact) mass is 214 g/mol. The van der Waals surface area contributed by atoms with Crippen molar-refractivity contribution < 1.29 is 10.9 Å². The van der Waals surface area contributed by atoms with Gasteiger partial charge >= 0.3 is 5.97 Å². The summed E-state index contributed by atoms with van der Waals surface area (Å²) >= 11 is 0. The Morgan fingerprint density at radius 1 is 1.53 bits per heavy atom. The Kier molecular flexibility index (Phi) is 4.45. The maximum atomic E-state index is 11.6. The van der Waals surface area contributed by atoms with E-state index in [9.17, 15) is 4.79 Å². The highest BCUT2D eigenvalue weighted by Crippen LogP contribution is 2.19. The first kappa shape index (κ1) is 10.9. The fourth-order valence-corrected chi connectivity index (χ4v) is 2.02. The van der Waals surface area contributed by atoms with Crippen molar-refractivity contribution in [2.24, 2.45) is 5.92 Å². The van der Waals surface area contributed by atoms with E-state index in [1.165, 1.54) is 7.11 Å². The lowest BCUT2D eigenvalue weighted by molar-refractivity contribution is -0.143. The first-order valence-corrected chi connectivity index (χ1v) is 5.82. The van der Waals surface area contributed by atoms with Crippen LogP contribution >= 0.6 is 0 Å². The molecule has 1 aliphatic rings. The Hall–Kier alpha value is -0.570. The zero-order chi connectivity index (χ0) is 12.2.